The van der Waals surface area contributed by atoms with E-state index in [4.69, 9.17) is 5.11 Å². The molecular weight excluding hydrogens is 206 g/mol. The molecule has 0 bridgehead atoms. The van der Waals surface area contributed by atoms with E-state index in [0.717, 1.165) is 12.8 Å². The SMILES string of the molecule is CCC(C)(CC)Nc1cnc(C(=O)O)cn1. The predicted octanol–water partition coefficient (Wildman–Crippen LogP) is 2.17. The van der Waals surface area contributed by atoms with Crippen molar-refractivity contribution in [3.8, 4) is 0 Å². The highest BCUT2D eigenvalue weighted by Crippen LogP contribution is 2.19. The summed E-state index contributed by atoms with van der Waals surface area (Å²) in [7, 11) is 0. The normalized spacial score (nSPS) is 11.2. The van der Waals surface area contributed by atoms with Gasteiger partial charge >= 0.3 is 5.97 Å². The van der Waals surface area contributed by atoms with Gasteiger partial charge in [-0.05, 0) is 19.8 Å². The lowest BCUT2D eigenvalue weighted by molar-refractivity contribution is 0.0690. The molecule has 5 heteroatoms. The molecule has 0 aliphatic rings. The molecule has 0 unspecified atom stereocenters. The van der Waals surface area contributed by atoms with Crippen LogP contribution in [0.1, 0.15) is 44.1 Å². The first-order chi connectivity index (χ1) is 7.50. The summed E-state index contributed by atoms with van der Waals surface area (Å²) in [5, 5.41) is 11.9. The largest absolute Gasteiger partial charge is 0.476 e. The first kappa shape index (κ1) is 12.4. The summed E-state index contributed by atoms with van der Waals surface area (Å²) in [4.78, 5) is 18.4. The van der Waals surface area contributed by atoms with E-state index >= 15 is 0 Å². The van der Waals surface area contributed by atoms with Crippen molar-refractivity contribution in [1.82, 2.24) is 9.97 Å². The zero-order chi connectivity index (χ0) is 12.2. The second-order valence-electron chi connectivity index (χ2n) is 3.98. The molecule has 0 aliphatic heterocycles. The van der Waals surface area contributed by atoms with Crippen molar-refractivity contribution >= 4 is 11.8 Å². The summed E-state index contributed by atoms with van der Waals surface area (Å²) in [6, 6.07) is 0. The van der Waals surface area contributed by atoms with Crippen LogP contribution in [0.2, 0.25) is 0 Å². The Labute approximate surface area is 94.9 Å². The summed E-state index contributed by atoms with van der Waals surface area (Å²) in [6.07, 6.45) is 4.64. The van der Waals surface area contributed by atoms with Gasteiger partial charge in [-0.2, -0.15) is 0 Å². The van der Waals surface area contributed by atoms with Gasteiger partial charge in [0.1, 0.15) is 5.82 Å². The highest BCUT2D eigenvalue weighted by Gasteiger charge is 2.19. The zero-order valence-corrected chi connectivity index (χ0v) is 9.82. The van der Waals surface area contributed by atoms with Crippen molar-refractivity contribution < 1.29 is 9.90 Å². The average molecular weight is 223 g/mol. The Hall–Kier alpha value is -1.65. The summed E-state index contributed by atoms with van der Waals surface area (Å²) < 4.78 is 0. The summed E-state index contributed by atoms with van der Waals surface area (Å²) >= 11 is 0. The highest BCUT2D eigenvalue weighted by atomic mass is 16.4. The van der Waals surface area contributed by atoms with E-state index in [1.807, 2.05) is 0 Å². The van der Waals surface area contributed by atoms with E-state index in [1.165, 1.54) is 12.4 Å². The molecule has 0 radical (unpaired) electrons. The molecule has 88 valence electrons. The maximum atomic E-state index is 10.6. The molecule has 0 spiro atoms. The zero-order valence-electron chi connectivity index (χ0n) is 9.82. The Morgan fingerprint density at radius 2 is 2.00 bits per heavy atom. The molecule has 1 aromatic heterocycles. The van der Waals surface area contributed by atoms with Gasteiger partial charge in [-0.25, -0.2) is 14.8 Å². The van der Waals surface area contributed by atoms with E-state index in [-0.39, 0.29) is 11.2 Å². The quantitative estimate of drug-likeness (QED) is 0.800. The second kappa shape index (κ2) is 4.92. The standard InChI is InChI=1S/C11H17N3O2/c1-4-11(3,5-2)14-9-7-12-8(6-13-9)10(15)16/h6-7H,4-5H2,1-3H3,(H,13,14)(H,15,16). The van der Waals surface area contributed by atoms with E-state index < -0.39 is 5.97 Å². The molecule has 0 atom stereocenters. The molecule has 16 heavy (non-hydrogen) atoms. The van der Waals surface area contributed by atoms with E-state index in [0.29, 0.717) is 5.82 Å². The lowest BCUT2D eigenvalue weighted by Crippen LogP contribution is -2.33. The minimum absolute atomic E-state index is 0.0284. The van der Waals surface area contributed by atoms with Crippen molar-refractivity contribution in [1.29, 1.82) is 0 Å². The predicted molar refractivity (Wildman–Crippen MR) is 61.6 cm³/mol. The lowest BCUT2D eigenvalue weighted by atomic mass is 9.96. The summed E-state index contributed by atoms with van der Waals surface area (Å²) in [5.74, 6) is -0.455. The molecule has 5 nitrogen and oxygen atoms in total. The Bertz CT molecular complexity index is 358. The number of rotatable bonds is 5. The topological polar surface area (TPSA) is 75.1 Å². The first-order valence-electron chi connectivity index (χ1n) is 5.34. The highest BCUT2D eigenvalue weighted by molar-refractivity contribution is 5.84. The molecule has 1 aromatic rings. The van der Waals surface area contributed by atoms with Crippen molar-refractivity contribution in [3.63, 3.8) is 0 Å². The van der Waals surface area contributed by atoms with Gasteiger partial charge < -0.3 is 10.4 Å². The van der Waals surface area contributed by atoms with Crippen molar-refractivity contribution in [2.45, 2.75) is 39.2 Å². The molecule has 0 aliphatic carbocycles. The van der Waals surface area contributed by atoms with Crippen LogP contribution in [-0.4, -0.2) is 26.6 Å². The minimum Gasteiger partial charge on any atom is -0.476 e. The lowest BCUT2D eigenvalue weighted by Gasteiger charge is -2.28. The fraction of sp³-hybridized carbons (Fsp3) is 0.545. The van der Waals surface area contributed by atoms with Gasteiger partial charge in [0.05, 0.1) is 12.4 Å². The number of hydrogen-bond donors (Lipinski definition) is 2. The van der Waals surface area contributed by atoms with Crippen LogP contribution in [0, 0.1) is 0 Å². The second-order valence-corrected chi connectivity index (χ2v) is 3.98. The van der Waals surface area contributed by atoms with Gasteiger partial charge in [0.15, 0.2) is 5.69 Å². The van der Waals surface area contributed by atoms with Crippen LogP contribution < -0.4 is 5.32 Å². The van der Waals surface area contributed by atoms with E-state index in [9.17, 15) is 4.79 Å². The Kier molecular flexibility index (Phi) is 3.82. The van der Waals surface area contributed by atoms with Crippen LogP contribution in [0.4, 0.5) is 5.82 Å². The Balaban J connectivity index is 2.79. The van der Waals surface area contributed by atoms with Crippen molar-refractivity contribution in [3.05, 3.63) is 18.1 Å². The Morgan fingerprint density at radius 3 is 2.38 bits per heavy atom. The van der Waals surface area contributed by atoms with E-state index in [1.54, 1.807) is 0 Å². The molecule has 1 rings (SSSR count). The summed E-state index contributed by atoms with van der Waals surface area (Å²) in [5.41, 5.74) is -0.0698. The number of carboxylic acids is 1. The van der Waals surface area contributed by atoms with E-state index in [2.05, 4.69) is 36.1 Å². The molecule has 0 saturated carbocycles. The van der Waals surface area contributed by atoms with Crippen LogP contribution in [0.3, 0.4) is 0 Å². The minimum atomic E-state index is -1.06. The number of nitrogens with zero attached hydrogens (tertiary/aromatic N) is 2. The van der Waals surface area contributed by atoms with Crippen LogP contribution in [0.5, 0.6) is 0 Å². The maximum Gasteiger partial charge on any atom is 0.356 e. The molecule has 0 fully saturated rings. The molecular formula is C11H17N3O2. The Morgan fingerprint density at radius 1 is 1.38 bits per heavy atom. The smallest absolute Gasteiger partial charge is 0.356 e. The number of carboxylic acid groups (broad SMARTS) is 1. The monoisotopic (exact) mass is 223 g/mol. The third-order valence-electron chi connectivity index (χ3n) is 2.86. The molecule has 0 amide bonds. The fourth-order valence-electron chi connectivity index (χ4n) is 1.24. The number of aromatic nitrogens is 2. The van der Waals surface area contributed by atoms with Crippen molar-refractivity contribution in [2.75, 3.05) is 5.32 Å². The van der Waals surface area contributed by atoms with Crippen LogP contribution >= 0.6 is 0 Å². The van der Waals surface area contributed by atoms with Gasteiger partial charge in [-0.3, -0.25) is 0 Å². The van der Waals surface area contributed by atoms with Gasteiger partial charge in [-0.1, -0.05) is 13.8 Å². The third-order valence-corrected chi connectivity index (χ3v) is 2.86. The third kappa shape index (κ3) is 2.92. The number of aromatic carboxylic acids is 1. The van der Waals surface area contributed by atoms with Gasteiger partial charge in [0.25, 0.3) is 0 Å². The van der Waals surface area contributed by atoms with Crippen LogP contribution in [0.15, 0.2) is 12.4 Å². The van der Waals surface area contributed by atoms with Gasteiger partial charge in [0, 0.05) is 5.54 Å². The molecule has 2 N–H and O–H groups in total. The summed E-state index contributed by atoms with van der Waals surface area (Å²) in [6.45, 7) is 6.28. The number of carbonyl (C=O) groups is 1. The number of nitrogens with one attached hydrogen (secondary N) is 1. The van der Waals surface area contributed by atoms with Crippen LogP contribution in [-0.2, 0) is 0 Å². The molecule has 0 aromatic carbocycles. The van der Waals surface area contributed by atoms with Gasteiger partial charge in [-0.15, -0.1) is 0 Å². The average Bonchev–Trinajstić information content (AvgIpc) is 2.29. The number of hydrogen-bond acceptors (Lipinski definition) is 4. The first-order valence-corrected chi connectivity index (χ1v) is 5.34. The van der Waals surface area contributed by atoms with Crippen molar-refractivity contribution in [2.24, 2.45) is 0 Å². The number of anilines is 1. The maximum absolute atomic E-state index is 10.6. The fourth-order valence-corrected chi connectivity index (χ4v) is 1.24. The van der Waals surface area contributed by atoms with Crippen LogP contribution in [0.25, 0.3) is 0 Å². The molecule has 0 saturated heterocycles. The van der Waals surface area contributed by atoms with Gasteiger partial charge in [0.2, 0.25) is 0 Å². The molecule has 1 heterocycles.